The summed E-state index contributed by atoms with van der Waals surface area (Å²) in [7, 11) is 1.49. The Balaban J connectivity index is 1.84. The van der Waals surface area contributed by atoms with Crippen LogP contribution in [0, 0.1) is 0 Å². The van der Waals surface area contributed by atoms with Gasteiger partial charge in [-0.2, -0.15) is 0 Å². The molecule has 0 aliphatic rings. The molecule has 0 saturated heterocycles. The topological polar surface area (TPSA) is 163 Å². The van der Waals surface area contributed by atoms with E-state index in [1.165, 1.54) is 13.3 Å². The van der Waals surface area contributed by atoms with Gasteiger partial charge in [-0.25, -0.2) is 4.79 Å². The van der Waals surface area contributed by atoms with Crippen LogP contribution in [0.25, 0.3) is 5.57 Å². The average molecular weight is 463 g/mol. The Morgan fingerprint density at radius 2 is 1.94 bits per heavy atom. The number of ether oxygens (including phenoxy) is 1. The molecule has 0 spiro atoms. The predicted octanol–water partition coefficient (Wildman–Crippen LogP) is 1.84. The lowest BCUT2D eigenvalue weighted by Gasteiger charge is -2.19. The van der Waals surface area contributed by atoms with Gasteiger partial charge in [0.1, 0.15) is 5.75 Å². The molecule has 3 aromatic rings. The van der Waals surface area contributed by atoms with Crippen LogP contribution in [-0.4, -0.2) is 34.3 Å². The highest BCUT2D eigenvalue weighted by Gasteiger charge is 2.20. The van der Waals surface area contributed by atoms with Gasteiger partial charge in [0.2, 0.25) is 5.75 Å². The van der Waals surface area contributed by atoms with E-state index in [-0.39, 0.29) is 0 Å². The van der Waals surface area contributed by atoms with Crippen LogP contribution in [0.2, 0.25) is 0 Å². The lowest BCUT2D eigenvalue weighted by molar-refractivity contribution is 0.0930. The smallest absolute Gasteiger partial charge is 0.326 e. The molecule has 10 heteroatoms. The van der Waals surface area contributed by atoms with Crippen molar-refractivity contribution in [2.75, 3.05) is 7.11 Å². The van der Waals surface area contributed by atoms with E-state index < -0.39 is 34.6 Å². The molecule has 1 aromatic heterocycles. The zero-order chi connectivity index (χ0) is 24.7. The summed E-state index contributed by atoms with van der Waals surface area (Å²) in [6, 6.07) is 14.5. The SMILES string of the molecule is COc1ccc(C(C=NCc2ccccc2)=CN)cc1[C@@H](C)NC(=O)c1[nH]c(=O)[nH]c(=O)c1O. The molecule has 176 valence electrons. The van der Waals surface area contributed by atoms with Crippen LogP contribution in [0.1, 0.15) is 40.1 Å². The molecule has 0 unspecified atom stereocenters. The van der Waals surface area contributed by atoms with Crippen LogP contribution in [-0.2, 0) is 6.54 Å². The lowest BCUT2D eigenvalue weighted by atomic mass is 9.99. The number of carbonyl (C=O) groups excluding carboxylic acids is 1. The van der Waals surface area contributed by atoms with Gasteiger partial charge >= 0.3 is 5.69 Å². The highest BCUT2D eigenvalue weighted by molar-refractivity contribution is 6.09. The quantitative estimate of drug-likeness (QED) is 0.320. The van der Waals surface area contributed by atoms with Crippen molar-refractivity contribution in [3.63, 3.8) is 0 Å². The van der Waals surface area contributed by atoms with Gasteiger partial charge in [-0.05, 0) is 30.2 Å². The van der Waals surface area contributed by atoms with Gasteiger partial charge in [0.15, 0.2) is 5.69 Å². The molecule has 6 N–H and O–H groups in total. The lowest BCUT2D eigenvalue weighted by Crippen LogP contribution is -2.33. The van der Waals surface area contributed by atoms with Gasteiger partial charge in [0.25, 0.3) is 11.5 Å². The molecule has 3 rings (SSSR count). The van der Waals surface area contributed by atoms with Gasteiger partial charge in [-0.1, -0.05) is 36.4 Å². The standard InChI is InChI=1S/C24H25N5O5/c1-14(27-22(31)20-21(30)23(32)29-24(33)28-20)18-10-16(8-9-19(18)34-2)17(11-25)13-26-12-15-6-4-3-5-7-15/h3-11,13-14,30H,12,25H2,1-2H3,(H,27,31)(H2,28,29,32,33)/t14-/m1/s1. The third kappa shape index (κ3) is 5.60. The summed E-state index contributed by atoms with van der Waals surface area (Å²) in [4.78, 5) is 44.1. The van der Waals surface area contributed by atoms with Crippen LogP contribution < -0.4 is 27.0 Å². The minimum Gasteiger partial charge on any atom is -0.501 e. The van der Waals surface area contributed by atoms with E-state index in [2.05, 4.69) is 15.3 Å². The number of carbonyl (C=O) groups is 1. The number of H-pyrrole nitrogens is 2. The number of aromatic amines is 2. The second-order valence-electron chi connectivity index (χ2n) is 7.36. The van der Waals surface area contributed by atoms with Crippen molar-refractivity contribution in [3.8, 4) is 11.5 Å². The molecular weight excluding hydrogens is 438 g/mol. The van der Waals surface area contributed by atoms with Crippen molar-refractivity contribution < 1.29 is 14.6 Å². The monoisotopic (exact) mass is 463 g/mol. The van der Waals surface area contributed by atoms with E-state index in [1.54, 1.807) is 25.3 Å². The third-order valence-corrected chi connectivity index (χ3v) is 5.05. The number of nitrogens with two attached hydrogens (primary N) is 1. The maximum Gasteiger partial charge on any atom is 0.326 e. The van der Waals surface area contributed by atoms with Crippen molar-refractivity contribution >= 4 is 17.7 Å². The maximum absolute atomic E-state index is 12.6. The molecule has 10 nitrogen and oxygen atoms in total. The Hall–Kier alpha value is -4.60. The Bertz CT molecular complexity index is 1340. The highest BCUT2D eigenvalue weighted by Crippen LogP contribution is 2.29. The molecule has 0 radical (unpaired) electrons. The molecule has 0 saturated carbocycles. The summed E-state index contributed by atoms with van der Waals surface area (Å²) in [5.41, 5.74) is 6.39. The Morgan fingerprint density at radius 3 is 2.62 bits per heavy atom. The van der Waals surface area contributed by atoms with Gasteiger partial charge in [0, 0.05) is 23.6 Å². The fourth-order valence-electron chi connectivity index (χ4n) is 3.29. The summed E-state index contributed by atoms with van der Waals surface area (Å²) < 4.78 is 5.43. The fourth-order valence-corrected chi connectivity index (χ4v) is 3.29. The molecule has 2 aromatic carbocycles. The zero-order valence-corrected chi connectivity index (χ0v) is 18.7. The largest absolute Gasteiger partial charge is 0.501 e. The summed E-state index contributed by atoms with van der Waals surface area (Å²) >= 11 is 0. The molecule has 0 aliphatic heterocycles. The number of aliphatic imine (C=N–C) groups is 1. The second kappa shape index (κ2) is 10.8. The van der Waals surface area contributed by atoms with Crippen molar-refractivity contribution in [2.45, 2.75) is 19.5 Å². The number of benzene rings is 2. The van der Waals surface area contributed by atoms with E-state index >= 15 is 0 Å². The molecule has 0 fully saturated rings. The van der Waals surface area contributed by atoms with Crippen molar-refractivity contribution in [1.82, 2.24) is 15.3 Å². The molecule has 0 aliphatic carbocycles. The number of rotatable bonds is 8. The van der Waals surface area contributed by atoms with E-state index in [4.69, 9.17) is 10.5 Å². The van der Waals surface area contributed by atoms with E-state index in [1.807, 2.05) is 41.4 Å². The molecule has 1 atom stereocenters. The second-order valence-corrected chi connectivity index (χ2v) is 7.36. The van der Waals surface area contributed by atoms with Gasteiger partial charge < -0.3 is 20.9 Å². The first kappa shape index (κ1) is 24.1. The number of nitrogens with zero attached hydrogens (tertiary/aromatic N) is 1. The molecule has 0 bridgehead atoms. The number of hydrogen-bond acceptors (Lipinski definition) is 7. The molecule has 1 heterocycles. The first-order chi connectivity index (χ1) is 16.3. The normalized spacial score (nSPS) is 12.5. The minimum absolute atomic E-state index is 0.492. The first-order valence-electron chi connectivity index (χ1n) is 10.3. The maximum atomic E-state index is 12.6. The van der Waals surface area contributed by atoms with Crippen LogP contribution in [0.15, 0.2) is 69.3 Å². The third-order valence-electron chi connectivity index (χ3n) is 5.05. The van der Waals surface area contributed by atoms with E-state index in [0.717, 1.165) is 11.1 Å². The number of methoxy groups -OCH3 is 1. The minimum atomic E-state index is -1.06. The number of aromatic nitrogens is 2. The van der Waals surface area contributed by atoms with E-state index in [9.17, 15) is 19.5 Å². The summed E-state index contributed by atoms with van der Waals surface area (Å²) in [5, 5.41) is 12.5. The van der Waals surface area contributed by atoms with Crippen LogP contribution in [0.4, 0.5) is 0 Å². The number of amides is 1. The van der Waals surface area contributed by atoms with Crippen LogP contribution in [0.5, 0.6) is 11.5 Å². The summed E-state index contributed by atoms with van der Waals surface area (Å²) in [6.07, 6.45) is 3.10. The van der Waals surface area contributed by atoms with Crippen molar-refractivity contribution in [2.24, 2.45) is 10.7 Å². The van der Waals surface area contributed by atoms with Crippen LogP contribution in [0.3, 0.4) is 0 Å². The Labute approximate surface area is 194 Å². The average Bonchev–Trinajstić information content (AvgIpc) is 2.84. The number of hydrogen-bond donors (Lipinski definition) is 5. The number of aromatic hydroxyl groups is 1. The zero-order valence-electron chi connectivity index (χ0n) is 18.7. The van der Waals surface area contributed by atoms with Crippen molar-refractivity contribution in [3.05, 3.63) is 98.0 Å². The fraction of sp³-hybridized carbons (Fsp3) is 0.167. The van der Waals surface area contributed by atoms with Gasteiger partial charge in [-0.15, -0.1) is 0 Å². The summed E-state index contributed by atoms with van der Waals surface area (Å²) in [6.45, 7) is 2.18. The summed E-state index contributed by atoms with van der Waals surface area (Å²) in [5.74, 6) is -1.22. The molecular formula is C24H25N5O5. The predicted molar refractivity (Wildman–Crippen MR) is 129 cm³/mol. The number of nitrogens with one attached hydrogen (secondary N) is 3. The number of allylic oxidation sites excluding steroid dienone is 1. The first-order valence-corrected chi connectivity index (χ1v) is 10.3. The molecule has 34 heavy (non-hydrogen) atoms. The molecule has 1 amide bonds. The highest BCUT2D eigenvalue weighted by atomic mass is 16.5. The van der Waals surface area contributed by atoms with Crippen LogP contribution >= 0.6 is 0 Å². The van der Waals surface area contributed by atoms with Gasteiger partial charge in [-0.3, -0.25) is 24.5 Å². The van der Waals surface area contributed by atoms with E-state index in [0.29, 0.717) is 23.4 Å². The Kier molecular flexibility index (Phi) is 7.65. The van der Waals surface area contributed by atoms with Crippen molar-refractivity contribution in [1.29, 1.82) is 0 Å². The van der Waals surface area contributed by atoms with Gasteiger partial charge in [0.05, 0.1) is 19.7 Å². The Morgan fingerprint density at radius 1 is 1.21 bits per heavy atom.